The van der Waals surface area contributed by atoms with Gasteiger partial charge in [0, 0.05) is 10.6 Å². The Kier molecular flexibility index (Phi) is 3.27. The van der Waals surface area contributed by atoms with Crippen molar-refractivity contribution in [2.75, 3.05) is 0 Å². The van der Waals surface area contributed by atoms with Gasteiger partial charge in [0.25, 0.3) is 0 Å². The normalized spacial score (nSPS) is 12.8. The average Bonchev–Trinajstić information content (AvgIpc) is 2.52. The molecule has 0 aliphatic carbocycles. The summed E-state index contributed by atoms with van der Waals surface area (Å²) < 4.78 is 5.53. The molecule has 3 heteroatoms. The van der Waals surface area contributed by atoms with Gasteiger partial charge in [0.15, 0.2) is 0 Å². The van der Waals surface area contributed by atoms with Gasteiger partial charge in [-0.15, -0.1) is 0 Å². The highest BCUT2D eigenvalue weighted by Gasteiger charge is 2.20. The van der Waals surface area contributed by atoms with E-state index >= 15 is 0 Å². The zero-order valence-corrected chi connectivity index (χ0v) is 10.9. The Hall–Kier alpha value is -1.25. The number of furan rings is 1. The molecule has 0 spiro atoms. The highest BCUT2D eigenvalue weighted by molar-refractivity contribution is 6.30. The summed E-state index contributed by atoms with van der Waals surface area (Å²) in [5.41, 5.74) is 2.62. The van der Waals surface area contributed by atoms with Crippen LogP contribution in [0.25, 0.3) is 0 Å². The molecule has 1 atom stereocenters. The molecule has 0 aliphatic rings. The van der Waals surface area contributed by atoms with Crippen LogP contribution in [0.1, 0.15) is 34.3 Å². The maximum absolute atomic E-state index is 10.4. The molecular weight excluding hydrogens is 236 g/mol. The summed E-state index contributed by atoms with van der Waals surface area (Å²) in [7, 11) is 0. The minimum atomic E-state index is -0.689. The van der Waals surface area contributed by atoms with Crippen LogP contribution in [0.3, 0.4) is 0 Å². The van der Waals surface area contributed by atoms with Gasteiger partial charge in [-0.05, 0) is 44.0 Å². The van der Waals surface area contributed by atoms with Crippen LogP contribution in [-0.2, 0) is 0 Å². The van der Waals surface area contributed by atoms with Crippen molar-refractivity contribution >= 4 is 11.6 Å². The van der Waals surface area contributed by atoms with Crippen molar-refractivity contribution < 1.29 is 9.52 Å². The molecule has 0 radical (unpaired) electrons. The van der Waals surface area contributed by atoms with E-state index in [0.29, 0.717) is 5.02 Å². The third-order valence-corrected chi connectivity index (χ3v) is 3.29. The highest BCUT2D eigenvalue weighted by Crippen LogP contribution is 2.32. The van der Waals surface area contributed by atoms with Gasteiger partial charge in [0.1, 0.15) is 17.6 Å². The largest absolute Gasteiger partial charge is 0.466 e. The lowest BCUT2D eigenvalue weighted by molar-refractivity contribution is 0.217. The lowest BCUT2D eigenvalue weighted by Gasteiger charge is -2.11. The molecule has 1 aromatic carbocycles. The summed E-state index contributed by atoms with van der Waals surface area (Å²) in [6.45, 7) is 5.72. The number of aliphatic hydroxyl groups excluding tert-OH is 1. The molecule has 0 aliphatic heterocycles. The average molecular weight is 251 g/mol. The fourth-order valence-corrected chi connectivity index (χ4v) is 2.25. The maximum atomic E-state index is 10.4. The van der Waals surface area contributed by atoms with Crippen molar-refractivity contribution in [2.45, 2.75) is 26.9 Å². The summed E-state index contributed by atoms with van der Waals surface area (Å²) in [6, 6.07) is 7.25. The van der Waals surface area contributed by atoms with E-state index in [2.05, 4.69) is 0 Å². The van der Waals surface area contributed by atoms with Crippen LogP contribution in [0.2, 0.25) is 5.02 Å². The molecular formula is C14H15ClO2. The standard InChI is InChI=1S/C14H15ClO2/c1-8-9(2)17-10(3)13(8)14(16)11-5-4-6-12(15)7-11/h4-7,14,16H,1-3H3. The summed E-state index contributed by atoms with van der Waals surface area (Å²) >= 11 is 5.93. The van der Waals surface area contributed by atoms with E-state index in [1.165, 1.54) is 0 Å². The van der Waals surface area contributed by atoms with Crippen molar-refractivity contribution in [3.05, 3.63) is 57.5 Å². The number of hydrogen-bond acceptors (Lipinski definition) is 2. The number of aliphatic hydroxyl groups is 1. The second-order valence-corrected chi connectivity index (χ2v) is 4.65. The predicted octanol–water partition coefficient (Wildman–Crippen LogP) is 3.94. The number of aryl methyl sites for hydroxylation is 2. The Morgan fingerprint density at radius 2 is 1.88 bits per heavy atom. The summed E-state index contributed by atoms with van der Waals surface area (Å²) in [4.78, 5) is 0. The van der Waals surface area contributed by atoms with Crippen molar-refractivity contribution in [3.63, 3.8) is 0 Å². The van der Waals surface area contributed by atoms with E-state index in [1.807, 2.05) is 32.9 Å². The van der Waals surface area contributed by atoms with Gasteiger partial charge >= 0.3 is 0 Å². The van der Waals surface area contributed by atoms with Crippen LogP contribution >= 0.6 is 11.6 Å². The first-order chi connectivity index (χ1) is 8.00. The Morgan fingerprint density at radius 1 is 1.18 bits per heavy atom. The van der Waals surface area contributed by atoms with Crippen molar-refractivity contribution in [1.82, 2.24) is 0 Å². The predicted molar refractivity (Wildman–Crippen MR) is 68.4 cm³/mol. The molecule has 1 aromatic heterocycles. The topological polar surface area (TPSA) is 33.4 Å². The molecule has 1 N–H and O–H groups in total. The van der Waals surface area contributed by atoms with Crippen molar-refractivity contribution in [3.8, 4) is 0 Å². The summed E-state index contributed by atoms with van der Waals surface area (Å²) in [5.74, 6) is 1.60. The van der Waals surface area contributed by atoms with Crippen LogP contribution in [0.4, 0.5) is 0 Å². The molecule has 0 saturated carbocycles. The first kappa shape index (κ1) is 12.2. The van der Waals surface area contributed by atoms with Crippen LogP contribution in [-0.4, -0.2) is 5.11 Å². The van der Waals surface area contributed by atoms with Crippen LogP contribution < -0.4 is 0 Å². The molecule has 0 amide bonds. The molecule has 0 fully saturated rings. The monoisotopic (exact) mass is 250 g/mol. The third kappa shape index (κ3) is 2.24. The van der Waals surface area contributed by atoms with E-state index in [1.54, 1.807) is 12.1 Å². The minimum absolute atomic E-state index is 0.622. The molecule has 2 aromatic rings. The fraction of sp³-hybridized carbons (Fsp3) is 0.286. The van der Waals surface area contributed by atoms with E-state index in [4.69, 9.17) is 16.0 Å². The van der Waals surface area contributed by atoms with E-state index < -0.39 is 6.10 Å². The second kappa shape index (κ2) is 4.55. The number of benzene rings is 1. The summed E-state index contributed by atoms with van der Waals surface area (Å²) in [6.07, 6.45) is -0.689. The first-order valence-corrected chi connectivity index (χ1v) is 5.88. The summed E-state index contributed by atoms with van der Waals surface area (Å²) in [5, 5.41) is 11.0. The number of halogens is 1. The Morgan fingerprint density at radius 3 is 2.41 bits per heavy atom. The van der Waals surface area contributed by atoms with E-state index in [0.717, 1.165) is 28.2 Å². The van der Waals surface area contributed by atoms with E-state index in [-0.39, 0.29) is 0 Å². The molecule has 0 bridgehead atoms. The lowest BCUT2D eigenvalue weighted by atomic mass is 9.98. The van der Waals surface area contributed by atoms with Gasteiger partial charge in [-0.25, -0.2) is 0 Å². The van der Waals surface area contributed by atoms with Gasteiger partial charge in [-0.2, -0.15) is 0 Å². The molecule has 1 unspecified atom stereocenters. The zero-order chi connectivity index (χ0) is 12.6. The van der Waals surface area contributed by atoms with Crippen LogP contribution in [0.15, 0.2) is 28.7 Å². The number of hydrogen-bond donors (Lipinski definition) is 1. The quantitative estimate of drug-likeness (QED) is 0.876. The van der Waals surface area contributed by atoms with Gasteiger partial charge in [-0.1, -0.05) is 23.7 Å². The molecule has 2 rings (SSSR count). The van der Waals surface area contributed by atoms with Crippen LogP contribution in [0, 0.1) is 20.8 Å². The zero-order valence-electron chi connectivity index (χ0n) is 10.1. The minimum Gasteiger partial charge on any atom is -0.466 e. The Bertz CT molecular complexity index is 543. The molecule has 1 heterocycles. The smallest absolute Gasteiger partial charge is 0.108 e. The van der Waals surface area contributed by atoms with Crippen molar-refractivity contribution in [1.29, 1.82) is 0 Å². The molecule has 2 nitrogen and oxygen atoms in total. The van der Waals surface area contributed by atoms with Gasteiger partial charge in [-0.3, -0.25) is 0 Å². The Balaban J connectivity index is 2.47. The van der Waals surface area contributed by atoms with E-state index in [9.17, 15) is 5.11 Å². The van der Waals surface area contributed by atoms with Gasteiger partial charge in [0.2, 0.25) is 0 Å². The van der Waals surface area contributed by atoms with Gasteiger partial charge < -0.3 is 9.52 Å². The van der Waals surface area contributed by atoms with Crippen LogP contribution in [0.5, 0.6) is 0 Å². The molecule has 90 valence electrons. The van der Waals surface area contributed by atoms with Gasteiger partial charge in [0.05, 0.1) is 0 Å². The Labute approximate surface area is 106 Å². The van der Waals surface area contributed by atoms with Crippen molar-refractivity contribution in [2.24, 2.45) is 0 Å². The molecule has 0 saturated heterocycles. The lowest BCUT2D eigenvalue weighted by Crippen LogP contribution is -2.01. The SMILES string of the molecule is Cc1oc(C)c(C(O)c2cccc(Cl)c2)c1C. The maximum Gasteiger partial charge on any atom is 0.108 e. The molecule has 17 heavy (non-hydrogen) atoms. The fourth-order valence-electron chi connectivity index (χ4n) is 2.06. The first-order valence-electron chi connectivity index (χ1n) is 5.50. The number of rotatable bonds is 2. The highest BCUT2D eigenvalue weighted by atomic mass is 35.5. The third-order valence-electron chi connectivity index (χ3n) is 3.06. The second-order valence-electron chi connectivity index (χ2n) is 4.21.